The SMILES string of the molecule is [O-][Cl+3]([O-])([O-])[O-].[O-][Cl+3]([O-])([O-])[O-].[O]=[Cr+2]=[O]. The van der Waals surface area contributed by atoms with Gasteiger partial charge in [0.05, 0.1) is 0 Å². The molecule has 0 amide bonds. The Morgan fingerprint density at radius 1 is 0.615 bits per heavy atom. The van der Waals surface area contributed by atoms with Crippen LogP contribution in [0.4, 0.5) is 0 Å². The monoisotopic (exact) mass is 282 g/mol. The van der Waals surface area contributed by atoms with Crippen molar-refractivity contribution in [3.05, 3.63) is 0 Å². The molecule has 0 rings (SSSR count). The van der Waals surface area contributed by atoms with Gasteiger partial charge in [0.1, 0.15) is 0 Å². The summed E-state index contributed by atoms with van der Waals surface area (Å²) in [6, 6.07) is 0. The summed E-state index contributed by atoms with van der Waals surface area (Å²) in [5.74, 6) is 0. The van der Waals surface area contributed by atoms with Crippen LogP contribution in [0.25, 0.3) is 0 Å². The van der Waals surface area contributed by atoms with Crippen molar-refractivity contribution in [2.75, 3.05) is 0 Å². The van der Waals surface area contributed by atoms with Crippen molar-refractivity contribution < 1.29 is 80.5 Å². The number of halogens is 2. The van der Waals surface area contributed by atoms with E-state index in [1.165, 1.54) is 0 Å². The average Bonchev–Trinajstić information content (AvgIpc) is 1.52. The third-order valence-electron chi connectivity index (χ3n) is 0. The Hall–Kier alpha value is 0.392. The van der Waals surface area contributed by atoms with Crippen molar-refractivity contribution in [3.8, 4) is 0 Å². The van der Waals surface area contributed by atoms with Gasteiger partial charge in [-0.25, -0.2) is 37.3 Å². The molecule has 0 atom stereocenters. The Bertz CT molecular complexity index is 110. The maximum atomic E-state index is 8.49. The molecular formula is Cl2CrO10. The van der Waals surface area contributed by atoms with Crippen LogP contribution in [-0.2, 0) is 22.7 Å². The van der Waals surface area contributed by atoms with Crippen LogP contribution in [0.5, 0.6) is 0 Å². The first-order chi connectivity index (χ1) is 5.41. The molecule has 0 aliphatic heterocycles. The molecule has 0 aromatic rings. The van der Waals surface area contributed by atoms with E-state index in [1.807, 2.05) is 0 Å². The predicted octanol–water partition coefficient (Wildman–Crippen LogP) is -9.75. The van der Waals surface area contributed by atoms with E-state index in [4.69, 9.17) is 44.9 Å². The topological polar surface area (TPSA) is 219 Å². The molecule has 0 bridgehead atoms. The molecule has 13 heavy (non-hydrogen) atoms. The summed E-state index contributed by atoms with van der Waals surface area (Å²) in [7, 11) is -9.89. The van der Waals surface area contributed by atoms with Crippen molar-refractivity contribution in [3.63, 3.8) is 0 Å². The fourth-order valence-electron chi connectivity index (χ4n) is 0. The minimum atomic E-state index is -4.94. The summed E-state index contributed by atoms with van der Waals surface area (Å²) >= 11 is -1.62. The third kappa shape index (κ3) is 8690. The Morgan fingerprint density at radius 3 is 0.615 bits per heavy atom. The average molecular weight is 283 g/mol. The molecule has 80 valence electrons. The summed E-state index contributed by atoms with van der Waals surface area (Å²) in [6.07, 6.45) is 0. The van der Waals surface area contributed by atoms with Gasteiger partial charge in [-0.1, -0.05) is 0 Å². The van der Waals surface area contributed by atoms with E-state index in [9.17, 15) is 0 Å². The molecule has 0 heterocycles. The molecular weight excluding hydrogens is 283 g/mol. The van der Waals surface area contributed by atoms with Crippen molar-refractivity contribution in [1.82, 2.24) is 0 Å². The van der Waals surface area contributed by atoms with Gasteiger partial charge >= 0.3 is 22.7 Å². The van der Waals surface area contributed by atoms with Crippen molar-refractivity contribution in [2.45, 2.75) is 0 Å². The normalized spacial score (nSPS) is 9.85. The zero-order valence-corrected chi connectivity index (χ0v) is 8.03. The van der Waals surface area contributed by atoms with E-state index in [2.05, 4.69) is 0 Å². The predicted molar refractivity (Wildman–Crippen MR) is 1.37 cm³/mol. The molecule has 0 saturated heterocycles. The van der Waals surface area contributed by atoms with Gasteiger partial charge in [0.15, 0.2) is 0 Å². The Morgan fingerprint density at radius 2 is 0.615 bits per heavy atom. The van der Waals surface area contributed by atoms with Gasteiger partial charge in [0.2, 0.25) is 0 Å². The molecule has 0 aliphatic carbocycles. The first-order valence-corrected chi connectivity index (χ1v) is 5.08. The van der Waals surface area contributed by atoms with Crippen LogP contribution in [-0.4, -0.2) is 0 Å². The van der Waals surface area contributed by atoms with E-state index in [-0.39, 0.29) is 0 Å². The van der Waals surface area contributed by atoms with Crippen molar-refractivity contribution in [2.24, 2.45) is 0 Å². The van der Waals surface area contributed by atoms with E-state index >= 15 is 0 Å². The van der Waals surface area contributed by atoms with Crippen LogP contribution in [0, 0.1) is 20.5 Å². The van der Waals surface area contributed by atoms with Gasteiger partial charge in [-0.2, -0.15) is 0 Å². The number of hydrogen-bond donors (Lipinski definition) is 0. The van der Waals surface area contributed by atoms with Crippen LogP contribution in [0.15, 0.2) is 0 Å². The van der Waals surface area contributed by atoms with Gasteiger partial charge in [-0.3, -0.25) is 0 Å². The second kappa shape index (κ2) is 8.97. The zero-order valence-electron chi connectivity index (χ0n) is 5.25. The minimum absolute atomic E-state index is 1.62. The maximum absolute atomic E-state index is 8.49. The molecule has 0 N–H and O–H groups in total. The molecule has 10 nitrogen and oxygen atoms in total. The van der Waals surface area contributed by atoms with Crippen LogP contribution < -0.4 is 37.3 Å². The van der Waals surface area contributed by atoms with E-state index in [1.54, 1.807) is 0 Å². The first kappa shape index (κ1) is 19.0. The first-order valence-electron chi connectivity index (χ1n) is 1.57. The molecule has 0 unspecified atom stereocenters. The fourth-order valence-corrected chi connectivity index (χ4v) is 0. The standard InChI is InChI=1S/2ClHO4.Cr.2O/c2*2-1(3,4)5;;;/h2*(H,2,3,4,5);;;/q;;+2;;/p-2. The summed E-state index contributed by atoms with van der Waals surface area (Å²) in [6.45, 7) is 0. The molecule has 0 fully saturated rings. The number of rotatable bonds is 0. The van der Waals surface area contributed by atoms with Crippen LogP contribution in [0.2, 0.25) is 0 Å². The molecule has 0 radical (unpaired) electrons. The van der Waals surface area contributed by atoms with Crippen LogP contribution in [0.1, 0.15) is 0 Å². The van der Waals surface area contributed by atoms with E-state index in [0.717, 1.165) is 0 Å². The zero-order chi connectivity index (χ0) is 11.7. The van der Waals surface area contributed by atoms with Crippen LogP contribution in [0.3, 0.4) is 0 Å². The Labute approximate surface area is 80.9 Å². The molecule has 13 heteroatoms. The van der Waals surface area contributed by atoms with Gasteiger partial charge in [-0.15, -0.1) is 20.5 Å². The summed E-state index contributed by atoms with van der Waals surface area (Å²) in [5, 5.41) is 0. The van der Waals surface area contributed by atoms with Crippen molar-refractivity contribution >= 4 is 0 Å². The molecule has 0 saturated carbocycles. The van der Waals surface area contributed by atoms with Crippen LogP contribution >= 0.6 is 0 Å². The fraction of sp³-hybridized carbons (Fsp3) is 0. The quantitative estimate of drug-likeness (QED) is 0.408. The number of hydrogen-bond acceptors (Lipinski definition) is 10. The third-order valence-corrected chi connectivity index (χ3v) is 0. The van der Waals surface area contributed by atoms with Gasteiger partial charge in [-0.05, 0) is 0 Å². The van der Waals surface area contributed by atoms with E-state index < -0.39 is 35.6 Å². The summed E-state index contributed by atoms with van der Waals surface area (Å²) < 4.78 is 84.8. The van der Waals surface area contributed by atoms with Gasteiger partial charge in [0.25, 0.3) is 0 Å². The van der Waals surface area contributed by atoms with Crippen molar-refractivity contribution in [1.29, 1.82) is 0 Å². The summed E-state index contributed by atoms with van der Waals surface area (Å²) in [5.41, 5.74) is 0. The van der Waals surface area contributed by atoms with Gasteiger partial charge in [0, 0.05) is 0 Å². The molecule has 0 aromatic carbocycles. The van der Waals surface area contributed by atoms with E-state index in [0.29, 0.717) is 0 Å². The second-order valence-electron chi connectivity index (χ2n) is 0.824. The summed E-state index contributed by atoms with van der Waals surface area (Å²) in [4.78, 5) is 0. The molecule has 0 spiro atoms. The molecule has 0 aliphatic rings. The molecule has 0 aromatic heterocycles. The Balaban J connectivity index is -0.000000120. The van der Waals surface area contributed by atoms with Gasteiger partial charge < -0.3 is 0 Å². The Kier molecular flexibility index (Phi) is 13.1. The second-order valence-corrected chi connectivity index (χ2v) is 2.55.